The molecule has 0 saturated carbocycles. The summed E-state index contributed by atoms with van der Waals surface area (Å²) in [6.45, 7) is 0. The highest BCUT2D eigenvalue weighted by Gasteiger charge is 2.15. The van der Waals surface area contributed by atoms with Gasteiger partial charge in [0.15, 0.2) is 20.5 Å². The molecule has 1 amide bonds. The van der Waals surface area contributed by atoms with Crippen LogP contribution in [0.5, 0.6) is 0 Å². The van der Waals surface area contributed by atoms with Gasteiger partial charge in [0.2, 0.25) is 0 Å². The number of aromatic carboxylic acids is 1. The molecular weight excluding hydrogens is 316 g/mol. The monoisotopic (exact) mass is 326 g/mol. The molecule has 1 aromatic heterocycles. The smallest absolute Gasteiger partial charge is 0.355 e. The van der Waals surface area contributed by atoms with Crippen LogP contribution in [0.25, 0.3) is 0 Å². The largest absolute Gasteiger partial charge is 0.476 e. The molecule has 0 radical (unpaired) electrons. The lowest BCUT2D eigenvalue weighted by Gasteiger charge is -2.04. The SMILES string of the molecule is CS(=O)(=O)c1ccc(NC(=O)c2nc(C(=O)O)cs2)cc1. The molecule has 21 heavy (non-hydrogen) atoms. The maximum Gasteiger partial charge on any atom is 0.355 e. The van der Waals surface area contributed by atoms with E-state index in [4.69, 9.17) is 5.11 Å². The Hall–Kier alpha value is -2.26. The second kappa shape index (κ2) is 5.62. The van der Waals surface area contributed by atoms with Gasteiger partial charge in [-0.05, 0) is 24.3 Å². The fourth-order valence-corrected chi connectivity index (χ4v) is 2.76. The Bertz CT molecular complexity index is 793. The lowest BCUT2D eigenvalue weighted by molar-refractivity contribution is 0.0691. The minimum absolute atomic E-state index is 0.0135. The molecule has 7 nitrogen and oxygen atoms in total. The number of carbonyl (C=O) groups is 2. The van der Waals surface area contributed by atoms with Gasteiger partial charge in [-0.3, -0.25) is 4.79 Å². The fourth-order valence-electron chi connectivity index (χ4n) is 1.45. The molecule has 2 aromatic rings. The van der Waals surface area contributed by atoms with E-state index in [2.05, 4.69) is 10.3 Å². The lowest BCUT2D eigenvalue weighted by Crippen LogP contribution is -2.12. The highest BCUT2D eigenvalue weighted by molar-refractivity contribution is 7.90. The van der Waals surface area contributed by atoms with E-state index < -0.39 is 21.7 Å². The zero-order chi connectivity index (χ0) is 15.6. The van der Waals surface area contributed by atoms with Crippen LogP contribution in [0.2, 0.25) is 0 Å². The summed E-state index contributed by atoms with van der Waals surface area (Å²) in [6, 6.07) is 5.63. The molecule has 0 aliphatic rings. The van der Waals surface area contributed by atoms with Gasteiger partial charge in [-0.25, -0.2) is 18.2 Å². The first-order valence-electron chi connectivity index (χ1n) is 5.57. The van der Waals surface area contributed by atoms with Crippen molar-refractivity contribution in [3.05, 3.63) is 40.3 Å². The number of amides is 1. The summed E-state index contributed by atoms with van der Waals surface area (Å²) in [5.74, 6) is -1.76. The van der Waals surface area contributed by atoms with Crippen molar-refractivity contribution in [2.24, 2.45) is 0 Å². The Kier molecular flexibility index (Phi) is 4.05. The van der Waals surface area contributed by atoms with Gasteiger partial charge in [0.05, 0.1) is 4.90 Å². The molecule has 0 bridgehead atoms. The minimum atomic E-state index is -3.29. The van der Waals surface area contributed by atoms with Crippen LogP contribution in [0.15, 0.2) is 34.5 Å². The summed E-state index contributed by atoms with van der Waals surface area (Å²) in [7, 11) is -3.29. The molecule has 0 spiro atoms. The molecule has 0 unspecified atom stereocenters. The molecule has 0 atom stereocenters. The molecule has 1 heterocycles. The Morgan fingerprint density at radius 3 is 2.33 bits per heavy atom. The molecule has 9 heteroatoms. The average Bonchev–Trinajstić information content (AvgIpc) is 2.88. The summed E-state index contributed by atoms with van der Waals surface area (Å²) >= 11 is 0.913. The van der Waals surface area contributed by atoms with E-state index in [0.29, 0.717) is 5.69 Å². The average molecular weight is 326 g/mol. The summed E-state index contributed by atoms with van der Waals surface area (Å²) in [6.07, 6.45) is 1.09. The Balaban J connectivity index is 2.14. The number of carboxylic acids is 1. The zero-order valence-electron chi connectivity index (χ0n) is 10.7. The van der Waals surface area contributed by atoms with Gasteiger partial charge in [-0.2, -0.15) is 0 Å². The number of benzene rings is 1. The van der Waals surface area contributed by atoms with Gasteiger partial charge in [0, 0.05) is 17.3 Å². The van der Waals surface area contributed by atoms with Crippen LogP contribution in [0, 0.1) is 0 Å². The van der Waals surface area contributed by atoms with Crippen LogP contribution >= 0.6 is 11.3 Å². The molecule has 2 N–H and O–H groups in total. The van der Waals surface area contributed by atoms with Gasteiger partial charge in [-0.1, -0.05) is 0 Å². The maximum atomic E-state index is 11.9. The van der Waals surface area contributed by atoms with Crippen molar-refractivity contribution in [3.63, 3.8) is 0 Å². The molecule has 0 fully saturated rings. The van der Waals surface area contributed by atoms with Crippen LogP contribution in [-0.4, -0.2) is 36.6 Å². The van der Waals surface area contributed by atoms with E-state index in [-0.39, 0.29) is 15.6 Å². The molecule has 2 rings (SSSR count). The summed E-state index contributed by atoms with van der Waals surface area (Å²) in [5.41, 5.74) is 0.192. The van der Waals surface area contributed by atoms with Crippen molar-refractivity contribution < 1.29 is 23.1 Å². The topological polar surface area (TPSA) is 113 Å². The number of nitrogens with zero attached hydrogens (tertiary/aromatic N) is 1. The number of sulfone groups is 1. The van der Waals surface area contributed by atoms with Crippen LogP contribution < -0.4 is 5.32 Å². The van der Waals surface area contributed by atoms with Crippen LogP contribution in [-0.2, 0) is 9.84 Å². The number of carbonyl (C=O) groups excluding carboxylic acids is 1. The Labute approximate surface area is 124 Å². The summed E-state index contributed by atoms with van der Waals surface area (Å²) in [4.78, 5) is 26.4. The second-order valence-corrected chi connectivity index (χ2v) is 6.97. The molecule has 1 aromatic carbocycles. The standard InChI is InChI=1S/C12H10N2O5S2/c1-21(18,19)8-4-2-7(3-5-8)13-10(15)11-14-9(6-20-11)12(16)17/h2-6H,1H3,(H,13,15)(H,16,17). The van der Waals surface area contributed by atoms with E-state index in [0.717, 1.165) is 17.6 Å². The van der Waals surface area contributed by atoms with Gasteiger partial charge < -0.3 is 10.4 Å². The van der Waals surface area contributed by atoms with Gasteiger partial charge >= 0.3 is 5.97 Å². The van der Waals surface area contributed by atoms with Gasteiger partial charge in [0.25, 0.3) is 5.91 Å². The number of nitrogens with one attached hydrogen (secondary N) is 1. The second-order valence-electron chi connectivity index (χ2n) is 4.09. The van der Waals surface area contributed by atoms with E-state index in [9.17, 15) is 18.0 Å². The molecule has 110 valence electrons. The molecule has 0 saturated heterocycles. The van der Waals surface area contributed by atoms with Crippen molar-refractivity contribution in [2.45, 2.75) is 4.90 Å². The number of rotatable bonds is 4. The number of hydrogen-bond donors (Lipinski definition) is 2. The number of aromatic nitrogens is 1. The fraction of sp³-hybridized carbons (Fsp3) is 0.0833. The number of thiazole rings is 1. The van der Waals surface area contributed by atoms with Crippen molar-refractivity contribution in [1.82, 2.24) is 4.98 Å². The first-order valence-corrected chi connectivity index (χ1v) is 8.35. The van der Waals surface area contributed by atoms with Crippen LogP contribution in [0.4, 0.5) is 5.69 Å². The number of hydrogen-bond acceptors (Lipinski definition) is 6. The van der Waals surface area contributed by atoms with E-state index >= 15 is 0 Å². The van der Waals surface area contributed by atoms with E-state index in [1.54, 1.807) is 0 Å². The highest BCUT2D eigenvalue weighted by atomic mass is 32.2. The third-order valence-electron chi connectivity index (χ3n) is 2.46. The van der Waals surface area contributed by atoms with Crippen molar-refractivity contribution >= 4 is 38.7 Å². The van der Waals surface area contributed by atoms with Crippen molar-refractivity contribution in [1.29, 1.82) is 0 Å². The number of carboxylic acid groups (broad SMARTS) is 1. The quantitative estimate of drug-likeness (QED) is 0.880. The first kappa shape index (κ1) is 15.1. The predicted molar refractivity (Wildman–Crippen MR) is 76.6 cm³/mol. The predicted octanol–water partition coefficient (Wildman–Crippen LogP) is 1.50. The minimum Gasteiger partial charge on any atom is -0.476 e. The Morgan fingerprint density at radius 1 is 1.24 bits per heavy atom. The number of anilines is 1. The summed E-state index contributed by atoms with van der Waals surface area (Å²) in [5, 5.41) is 12.5. The Morgan fingerprint density at radius 2 is 1.86 bits per heavy atom. The van der Waals surface area contributed by atoms with Crippen molar-refractivity contribution in [2.75, 3.05) is 11.6 Å². The van der Waals surface area contributed by atoms with Gasteiger partial charge in [0.1, 0.15) is 0 Å². The normalized spacial score (nSPS) is 11.1. The summed E-state index contributed by atoms with van der Waals surface area (Å²) < 4.78 is 22.6. The first-order chi connectivity index (χ1) is 9.77. The third kappa shape index (κ3) is 3.64. The van der Waals surface area contributed by atoms with Crippen LogP contribution in [0.1, 0.15) is 20.3 Å². The maximum absolute atomic E-state index is 11.9. The third-order valence-corrected chi connectivity index (χ3v) is 4.43. The van der Waals surface area contributed by atoms with E-state index in [1.165, 1.54) is 29.6 Å². The van der Waals surface area contributed by atoms with Crippen LogP contribution in [0.3, 0.4) is 0 Å². The highest BCUT2D eigenvalue weighted by Crippen LogP contribution is 2.16. The van der Waals surface area contributed by atoms with Gasteiger partial charge in [-0.15, -0.1) is 11.3 Å². The molecule has 0 aliphatic carbocycles. The zero-order valence-corrected chi connectivity index (χ0v) is 12.4. The lowest BCUT2D eigenvalue weighted by atomic mass is 10.3. The van der Waals surface area contributed by atoms with Crippen molar-refractivity contribution in [3.8, 4) is 0 Å². The molecular formula is C12H10N2O5S2. The molecule has 0 aliphatic heterocycles. The van der Waals surface area contributed by atoms with E-state index in [1.807, 2.05) is 0 Å².